The highest BCUT2D eigenvalue weighted by Crippen LogP contribution is 2.21. The van der Waals surface area contributed by atoms with Gasteiger partial charge < -0.3 is 10.0 Å². The molecule has 1 aromatic carbocycles. The number of rotatable bonds is 3. The van der Waals surface area contributed by atoms with Gasteiger partial charge in [0, 0.05) is 25.7 Å². The third kappa shape index (κ3) is 3.30. The Morgan fingerprint density at radius 2 is 2.05 bits per heavy atom. The second-order valence-electron chi connectivity index (χ2n) is 6.21. The van der Waals surface area contributed by atoms with Crippen molar-refractivity contribution in [1.82, 2.24) is 9.80 Å². The van der Waals surface area contributed by atoms with E-state index in [1.165, 1.54) is 19.3 Å². The van der Waals surface area contributed by atoms with E-state index in [9.17, 15) is 9.59 Å². The maximum Gasteiger partial charge on any atom is 0.335 e. The molecule has 1 N–H and O–H groups in total. The van der Waals surface area contributed by atoms with Crippen molar-refractivity contribution < 1.29 is 14.7 Å². The zero-order valence-corrected chi connectivity index (χ0v) is 12.7. The summed E-state index contributed by atoms with van der Waals surface area (Å²) in [6, 6.07) is 7.18. The van der Waals surface area contributed by atoms with Crippen LogP contribution in [0.3, 0.4) is 0 Å². The average molecular weight is 302 g/mol. The van der Waals surface area contributed by atoms with Crippen LogP contribution in [0, 0.1) is 0 Å². The van der Waals surface area contributed by atoms with Crippen molar-refractivity contribution in [2.45, 2.75) is 31.7 Å². The van der Waals surface area contributed by atoms with Crippen LogP contribution in [0.2, 0.25) is 0 Å². The van der Waals surface area contributed by atoms with Gasteiger partial charge in [-0.05, 0) is 37.1 Å². The lowest BCUT2D eigenvalue weighted by molar-refractivity contribution is -0.134. The number of fused-ring (bicyclic) bond motifs is 1. The van der Waals surface area contributed by atoms with Gasteiger partial charge in [0.2, 0.25) is 5.91 Å². The van der Waals surface area contributed by atoms with E-state index in [-0.39, 0.29) is 17.9 Å². The number of piperidine rings is 1. The molecule has 1 unspecified atom stereocenters. The van der Waals surface area contributed by atoms with E-state index in [0.717, 1.165) is 31.7 Å². The van der Waals surface area contributed by atoms with Gasteiger partial charge in [-0.1, -0.05) is 18.6 Å². The smallest absolute Gasteiger partial charge is 0.335 e. The Hall–Kier alpha value is -1.88. The van der Waals surface area contributed by atoms with E-state index in [4.69, 9.17) is 5.11 Å². The first-order valence-electron chi connectivity index (χ1n) is 7.97. The predicted molar refractivity (Wildman–Crippen MR) is 82.9 cm³/mol. The molecule has 5 nitrogen and oxygen atoms in total. The molecule has 1 amide bonds. The van der Waals surface area contributed by atoms with Crippen LogP contribution >= 0.6 is 0 Å². The van der Waals surface area contributed by atoms with Gasteiger partial charge in [0.15, 0.2) is 0 Å². The van der Waals surface area contributed by atoms with Crippen molar-refractivity contribution in [3.63, 3.8) is 0 Å². The van der Waals surface area contributed by atoms with E-state index in [2.05, 4.69) is 4.90 Å². The molecule has 0 radical (unpaired) electrons. The number of nitrogens with zero attached hydrogens (tertiary/aromatic N) is 2. The second-order valence-corrected chi connectivity index (χ2v) is 6.21. The summed E-state index contributed by atoms with van der Waals surface area (Å²) in [6.45, 7) is 3.73. The average Bonchev–Trinajstić information content (AvgIpc) is 2.54. The fourth-order valence-corrected chi connectivity index (χ4v) is 3.48. The van der Waals surface area contributed by atoms with Crippen molar-refractivity contribution in [1.29, 1.82) is 0 Å². The SMILES string of the molecule is O=C(O)c1cccc(CC(=O)N2CCN3CCCCC3C2)c1. The lowest BCUT2D eigenvalue weighted by Gasteiger charge is -2.44. The summed E-state index contributed by atoms with van der Waals surface area (Å²) in [5.74, 6) is -0.849. The van der Waals surface area contributed by atoms with Gasteiger partial charge in [0.05, 0.1) is 12.0 Å². The molecule has 22 heavy (non-hydrogen) atoms. The highest BCUT2D eigenvalue weighted by molar-refractivity contribution is 5.88. The topological polar surface area (TPSA) is 60.9 Å². The van der Waals surface area contributed by atoms with Crippen LogP contribution in [0.1, 0.15) is 35.2 Å². The molecule has 2 aliphatic heterocycles. The summed E-state index contributed by atoms with van der Waals surface area (Å²) in [5, 5.41) is 9.02. The Morgan fingerprint density at radius 3 is 2.86 bits per heavy atom. The zero-order valence-electron chi connectivity index (χ0n) is 12.7. The maximum absolute atomic E-state index is 12.5. The molecule has 0 aliphatic carbocycles. The molecule has 0 spiro atoms. The van der Waals surface area contributed by atoms with Crippen molar-refractivity contribution in [3.8, 4) is 0 Å². The Morgan fingerprint density at radius 1 is 1.18 bits per heavy atom. The van der Waals surface area contributed by atoms with Crippen LogP contribution in [-0.4, -0.2) is 59.0 Å². The Balaban J connectivity index is 1.62. The summed E-state index contributed by atoms with van der Waals surface area (Å²) >= 11 is 0. The largest absolute Gasteiger partial charge is 0.478 e. The number of carbonyl (C=O) groups is 2. The molecule has 2 saturated heterocycles. The number of aromatic carboxylic acids is 1. The Labute approximate surface area is 130 Å². The lowest BCUT2D eigenvalue weighted by Crippen LogP contribution is -2.56. The normalized spacial score (nSPS) is 22.2. The predicted octanol–water partition coefficient (Wildman–Crippen LogP) is 1.62. The van der Waals surface area contributed by atoms with E-state index in [1.54, 1.807) is 18.2 Å². The van der Waals surface area contributed by atoms with Crippen LogP contribution in [-0.2, 0) is 11.2 Å². The summed E-state index contributed by atoms with van der Waals surface area (Å²) in [5.41, 5.74) is 1.01. The van der Waals surface area contributed by atoms with Gasteiger partial charge in [-0.25, -0.2) is 4.79 Å². The standard InChI is InChI=1S/C17H22N2O3/c20-16(11-13-4-3-5-14(10-13)17(21)22)19-9-8-18-7-2-1-6-15(18)12-19/h3-5,10,15H,1-2,6-9,11-12H2,(H,21,22). The number of hydrogen-bond acceptors (Lipinski definition) is 3. The number of hydrogen-bond donors (Lipinski definition) is 1. The fraction of sp³-hybridized carbons (Fsp3) is 0.529. The Kier molecular flexibility index (Phi) is 4.43. The van der Waals surface area contributed by atoms with E-state index >= 15 is 0 Å². The molecule has 0 aromatic heterocycles. The number of carboxylic acid groups (broad SMARTS) is 1. The fourth-order valence-electron chi connectivity index (χ4n) is 3.48. The van der Waals surface area contributed by atoms with Crippen LogP contribution in [0.5, 0.6) is 0 Å². The molecular formula is C17H22N2O3. The lowest BCUT2D eigenvalue weighted by atomic mass is 9.99. The van der Waals surface area contributed by atoms with Gasteiger partial charge in [-0.3, -0.25) is 9.69 Å². The second kappa shape index (κ2) is 6.48. The van der Waals surface area contributed by atoms with Crippen LogP contribution in [0.15, 0.2) is 24.3 Å². The molecule has 1 aromatic rings. The zero-order chi connectivity index (χ0) is 15.5. The molecule has 0 bridgehead atoms. The summed E-state index contributed by atoms with van der Waals surface area (Å²) in [4.78, 5) is 27.9. The summed E-state index contributed by atoms with van der Waals surface area (Å²) < 4.78 is 0. The van der Waals surface area contributed by atoms with Gasteiger partial charge in [-0.2, -0.15) is 0 Å². The molecule has 118 valence electrons. The highest BCUT2D eigenvalue weighted by atomic mass is 16.4. The van der Waals surface area contributed by atoms with Gasteiger partial charge in [0.1, 0.15) is 0 Å². The van der Waals surface area contributed by atoms with Crippen molar-refractivity contribution >= 4 is 11.9 Å². The van der Waals surface area contributed by atoms with Crippen LogP contribution in [0.4, 0.5) is 0 Å². The number of benzene rings is 1. The number of carboxylic acids is 1. The molecule has 2 aliphatic rings. The van der Waals surface area contributed by atoms with Gasteiger partial charge in [0.25, 0.3) is 0 Å². The Bertz CT molecular complexity index is 573. The minimum Gasteiger partial charge on any atom is -0.478 e. The first-order valence-corrected chi connectivity index (χ1v) is 7.97. The minimum absolute atomic E-state index is 0.104. The van der Waals surface area contributed by atoms with Crippen LogP contribution < -0.4 is 0 Å². The summed E-state index contributed by atoms with van der Waals surface area (Å²) in [6.07, 6.45) is 3.99. The summed E-state index contributed by atoms with van der Waals surface area (Å²) in [7, 11) is 0. The number of amides is 1. The van der Waals surface area contributed by atoms with Crippen molar-refractivity contribution in [2.24, 2.45) is 0 Å². The van der Waals surface area contributed by atoms with E-state index in [0.29, 0.717) is 6.04 Å². The number of piperazine rings is 1. The highest BCUT2D eigenvalue weighted by Gasteiger charge is 2.30. The van der Waals surface area contributed by atoms with E-state index < -0.39 is 5.97 Å². The first-order chi connectivity index (χ1) is 10.6. The third-order valence-corrected chi connectivity index (χ3v) is 4.72. The molecule has 2 fully saturated rings. The third-order valence-electron chi connectivity index (χ3n) is 4.72. The molecule has 1 atom stereocenters. The molecule has 3 rings (SSSR count). The monoisotopic (exact) mass is 302 g/mol. The van der Waals surface area contributed by atoms with Gasteiger partial charge >= 0.3 is 5.97 Å². The minimum atomic E-state index is -0.954. The first kappa shape index (κ1) is 15.0. The van der Waals surface area contributed by atoms with Gasteiger partial charge in [-0.15, -0.1) is 0 Å². The molecular weight excluding hydrogens is 280 g/mol. The molecule has 0 saturated carbocycles. The van der Waals surface area contributed by atoms with Crippen LogP contribution in [0.25, 0.3) is 0 Å². The quantitative estimate of drug-likeness (QED) is 0.922. The number of carbonyl (C=O) groups excluding carboxylic acids is 1. The molecule has 5 heteroatoms. The van der Waals surface area contributed by atoms with Crippen molar-refractivity contribution in [2.75, 3.05) is 26.2 Å². The van der Waals surface area contributed by atoms with E-state index in [1.807, 2.05) is 11.0 Å². The van der Waals surface area contributed by atoms with Crippen molar-refractivity contribution in [3.05, 3.63) is 35.4 Å². The maximum atomic E-state index is 12.5. The molecule has 2 heterocycles.